The highest BCUT2D eigenvalue weighted by Crippen LogP contribution is 2.11. The summed E-state index contributed by atoms with van der Waals surface area (Å²) in [6.45, 7) is 5.76. The molecule has 0 unspecified atom stereocenters. The van der Waals surface area contributed by atoms with Gasteiger partial charge in [-0.1, -0.05) is 19.9 Å². The van der Waals surface area contributed by atoms with Crippen molar-refractivity contribution in [3.63, 3.8) is 0 Å². The van der Waals surface area contributed by atoms with Crippen molar-refractivity contribution >= 4 is 17.2 Å². The van der Waals surface area contributed by atoms with Crippen molar-refractivity contribution < 1.29 is 4.79 Å². The highest BCUT2D eigenvalue weighted by atomic mass is 32.1. The van der Waals surface area contributed by atoms with Crippen LogP contribution < -0.4 is 10.6 Å². The van der Waals surface area contributed by atoms with Crippen molar-refractivity contribution in [1.82, 2.24) is 10.6 Å². The number of carbonyl (C=O) groups excluding carboxylic acids is 1. The maximum atomic E-state index is 11.5. The largest absolute Gasteiger partial charge is 0.355 e. The first-order valence-electron chi connectivity index (χ1n) is 6.21. The summed E-state index contributed by atoms with van der Waals surface area (Å²) < 4.78 is 0. The van der Waals surface area contributed by atoms with Gasteiger partial charge in [-0.25, -0.2) is 0 Å². The summed E-state index contributed by atoms with van der Waals surface area (Å²) in [5.41, 5.74) is 0. The predicted octanol–water partition coefficient (Wildman–Crippen LogP) is 2.18. The van der Waals surface area contributed by atoms with Crippen molar-refractivity contribution in [1.29, 1.82) is 0 Å². The first-order valence-corrected chi connectivity index (χ1v) is 7.09. The fourth-order valence-electron chi connectivity index (χ4n) is 1.53. The van der Waals surface area contributed by atoms with Crippen LogP contribution in [0.2, 0.25) is 0 Å². The number of nitrogens with one attached hydrogen (secondary N) is 2. The number of hydrogen-bond acceptors (Lipinski definition) is 3. The van der Waals surface area contributed by atoms with E-state index in [0.717, 1.165) is 25.9 Å². The Bertz CT molecular complexity index is 309. The van der Waals surface area contributed by atoms with Gasteiger partial charge in [0, 0.05) is 30.4 Å². The van der Waals surface area contributed by atoms with Gasteiger partial charge in [0.2, 0.25) is 5.91 Å². The molecule has 1 heterocycles. The lowest BCUT2D eigenvalue weighted by Gasteiger charge is -2.08. The monoisotopic (exact) mass is 254 g/mol. The summed E-state index contributed by atoms with van der Waals surface area (Å²) in [6, 6.07) is 4.65. The van der Waals surface area contributed by atoms with Gasteiger partial charge in [0.1, 0.15) is 0 Å². The second-order valence-corrected chi connectivity index (χ2v) is 5.42. The predicted molar refractivity (Wildman–Crippen MR) is 73.4 cm³/mol. The molecule has 0 aliphatic heterocycles. The Morgan fingerprint density at radius 1 is 1.41 bits per heavy atom. The Morgan fingerprint density at radius 2 is 2.24 bits per heavy atom. The molecule has 0 saturated carbocycles. The lowest BCUT2D eigenvalue weighted by molar-refractivity contribution is -0.121. The van der Waals surface area contributed by atoms with Crippen molar-refractivity contribution in [2.24, 2.45) is 0 Å². The van der Waals surface area contributed by atoms with E-state index in [-0.39, 0.29) is 5.91 Å². The van der Waals surface area contributed by atoms with E-state index in [0.29, 0.717) is 12.5 Å². The quantitative estimate of drug-likeness (QED) is 0.698. The zero-order valence-corrected chi connectivity index (χ0v) is 11.5. The van der Waals surface area contributed by atoms with Gasteiger partial charge < -0.3 is 10.6 Å². The summed E-state index contributed by atoms with van der Waals surface area (Å²) in [5.74, 6) is 0.159. The molecule has 4 heteroatoms. The number of amides is 1. The minimum atomic E-state index is 0.159. The maximum Gasteiger partial charge on any atom is 0.220 e. The summed E-state index contributed by atoms with van der Waals surface area (Å²) >= 11 is 1.76. The van der Waals surface area contributed by atoms with Crippen LogP contribution in [0.5, 0.6) is 0 Å². The van der Waals surface area contributed by atoms with Gasteiger partial charge in [0.05, 0.1) is 0 Å². The van der Waals surface area contributed by atoms with Gasteiger partial charge in [-0.3, -0.25) is 4.79 Å². The van der Waals surface area contributed by atoms with E-state index in [9.17, 15) is 4.79 Å². The number of aryl methyl sites for hydroxylation is 1. The third kappa shape index (κ3) is 7.13. The zero-order valence-electron chi connectivity index (χ0n) is 10.7. The summed E-state index contributed by atoms with van der Waals surface area (Å²) in [7, 11) is 0. The van der Waals surface area contributed by atoms with E-state index in [1.807, 2.05) is 0 Å². The van der Waals surface area contributed by atoms with Gasteiger partial charge in [0.15, 0.2) is 0 Å². The molecule has 0 bridgehead atoms. The fraction of sp³-hybridized carbons (Fsp3) is 0.615. The Labute approximate surface area is 108 Å². The van der Waals surface area contributed by atoms with E-state index < -0.39 is 0 Å². The third-order valence-corrected chi connectivity index (χ3v) is 3.34. The van der Waals surface area contributed by atoms with Gasteiger partial charge >= 0.3 is 0 Å². The molecule has 1 aromatic rings. The van der Waals surface area contributed by atoms with Crippen molar-refractivity contribution in [3.05, 3.63) is 22.4 Å². The van der Waals surface area contributed by atoms with E-state index in [1.54, 1.807) is 11.3 Å². The average molecular weight is 254 g/mol. The second-order valence-electron chi connectivity index (χ2n) is 4.39. The normalized spacial score (nSPS) is 10.8. The Kier molecular flexibility index (Phi) is 6.89. The SMILES string of the molecule is CC(C)NCCNC(=O)CCCc1cccs1. The molecule has 0 atom stereocenters. The standard InChI is InChI=1S/C13H22N2OS/c1-11(2)14-8-9-15-13(16)7-3-5-12-6-4-10-17-12/h4,6,10-11,14H,3,5,7-9H2,1-2H3,(H,15,16). The zero-order chi connectivity index (χ0) is 12.5. The number of hydrogen-bond donors (Lipinski definition) is 2. The topological polar surface area (TPSA) is 41.1 Å². The molecule has 1 rings (SSSR count). The highest BCUT2D eigenvalue weighted by molar-refractivity contribution is 7.09. The van der Waals surface area contributed by atoms with Gasteiger partial charge in [-0.05, 0) is 24.3 Å². The van der Waals surface area contributed by atoms with E-state index in [1.165, 1.54) is 4.88 Å². The number of rotatable bonds is 8. The second kappa shape index (κ2) is 8.25. The summed E-state index contributed by atoms with van der Waals surface area (Å²) in [6.07, 6.45) is 2.57. The Balaban J connectivity index is 1.98. The molecule has 2 N–H and O–H groups in total. The van der Waals surface area contributed by atoms with Crippen molar-refractivity contribution in [2.45, 2.75) is 39.2 Å². The van der Waals surface area contributed by atoms with E-state index in [4.69, 9.17) is 0 Å². The van der Waals surface area contributed by atoms with Crippen LogP contribution in [0.25, 0.3) is 0 Å². The molecule has 1 aromatic heterocycles. The fourth-order valence-corrected chi connectivity index (χ4v) is 2.28. The molecule has 96 valence electrons. The summed E-state index contributed by atoms with van der Waals surface area (Å²) in [5, 5.41) is 8.26. The van der Waals surface area contributed by atoms with Crippen molar-refractivity contribution in [3.8, 4) is 0 Å². The lowest BCUT2D eigenvalue weighted by atomic mass is 10.2. The minimum Gasteiger partial charge on any atom is -0.355 e. The van der Waals surface area contributed by atoms with Crippen LogP contribution in [0.15, 0.2) is 17.5 Å². The van der Waals surface area contributed by atoms with Crippen LogP contribution in [0.4, 0.5) is 0 Å². The van der Waals surface area contributed by atoms with Crippen LogP contribution in [-0.4, -0.2) is 25.0 Å². The lowest BCUT2D eigenvalue weighted by Crippen LogP contribution is -2.34. The van der Waals surface area contributed by atoms with Crippen LogP contribution in [-0.2, 0) is 11.2 Å². The van der Waals surface area contributed by atoms with Crippen molar-refractivity contribution in [2.75, 3.05) is 13.1 Å². The van der Waals surface area contributed by atoms with Crippen LogP contribution >= 0.6 is 11.3 Å². The average Bonchev–Trinajstić information content (AvgIpc) is 2.77. The van der Waals surface area contributed by atoms with Gasteiger partial charge in [-0.2, -0.15) is 0 Å². The minimum absolute atomic E-state index is 0.159. The number of carbonyl (C=O) groups is 1. The van der Waals surface area contributed by atoms with Crippen LogP contribution in [0, 0.1) is 0 Å². The van der Waals surface area contributed by atoms with Gasteiger partial charge in [-0.15, -0.1) is 11.3 Å². The molecular formula is C13H22N2OS. The molecule has 1 amide bonds. The molecular weight excluding hydrogens is 232 g/mol. The molecule has 0 aliphatic rings. The van der Waals surface area contributed by atoms with E-state index in [2.05, 4.69) is 42.0 Å². The molecule has 3 nitrogen and oxygen atoms in total. The molecule has 0 saturated heterocycles. The number of thiophene rings is 1. The molecule has 17 heavy (non-hydrogen) atoms. The summed E-state index contributed by atoms with van der Waals surface area (Å²) in [4.78, 5) is 12.8. The van der Waals surface area contributed by atoms with Crippen LogP contribution in [0.1, 0.15) is 31.6 Å². The van der Waals surface area contributed by atoms with E-state index >= 15 is 0 Å². The first-order chi connectivity index (χ1) is 8.18. The highest BCUT2D eigenvalue weighted by Gasteiger charge is 2.01. The molecule has 0 aliphatic carbocycles. The maximum absolute atomic E-state index is 11.5. The first kappa shape index (κ1) is 14.2. The molecule has 0 fully saturated rings. The van der Waals surface area contributed by atoms with Crippen LogP contribution in [0.3, 0.4) is 0 Å². The van der Waals surface area contributed by atoms with Gasteiger partial charge in [0.25, 0.3) is 0 Å². The smallest absolute Gasteiger partial charge is 0.220 e. The molecule has 0 spiro atoms. The Morgan fingerprint density at radius 3 is 2.88 bits per heavy atom. The Hall–Kier alpha value is -0.870. The third-order valence-electron chi connectivity index (χ3n) is 2.41. The molecule has 0 aromatic carbocycles. The molecule has 0 radical (unpaired) electrons.